The lowest BCUT2D eigenvalue weighted by molar-refractivity contribution is 0.0604. The number of carbonyl (C=O) groups excluding carboxylic acids is 1. The Hall–Kier alpha value is -1.86. The molecule has 0 aromatic heterocycles. The minimum absolute atomic E-state index is 0.0250. The topological polar surface area (TPSA) is 47.3 Å². The normalized spacial score (nSPS) is 17.3. The highest BCUT2D eigenvalue weighted by molar-refractivity contribution is 5.95. The van der Waals surface area contributed by atoms with Crippen LogP contribution in [0.4, 0.5) is 0 Å². The van der Waals surface area contributed by atoms with Crippen LogP contribution in [0.25, 0.3) is 0 Å². The Bertz CT molecular complexity index is 554. The molecule has 0 aliphatic carbocycles. The summed E-state index contributed by atoms with van der Waals surface area (Å²) in [5.74, 6) is 0.112. The van der Waals surface area contributed by atoms with Gasteiger partial charge in [-0.05, 0) is 31.9 Å². The van der Waals surface area contributed by atoms with Gasteiger partial charge in [0.05, 0.1) is 12.1 Å². The van der Waals surface area contributed by atoms with Crippen LogP contribution in [0.5, 0.6) is 0 Å². The second kappa shape index (κ2) is 6.73. The van der Waals surface area contributed by atoms with Gasteiger partial charge in [0.2, 0.25) is 0 Å². The van der Waals surface area contributed by atoms with Gasteiger partial charge in [-0.25, -0.2) is 0 Å². The molecule has 1 aromatic rings. The van der Waals surface area contributed by atoms with E-state index < -0.39 is 0 Å². The molecule has 112 valence electrons. The minimum Gasteiger partial charge on any atom is -0.336 e. The van der Waals surface area contributed by atoms with Crippen molar-refractivity contribution in [2.45, 2.75) is 33.2 Å². The second-order valence-corrected chi connectivity index (χ2v) is 5.70. The number of piperazine rings is 1. The first kappa shape index (κ1) is 15.5. The fourth-order valence-electron chi connectivity index (χ4n) is 2.80. The largest absolute Gasteiger partial charge is 0.336 e. The maximum Gasteiger partial charge on any atom is 0.254 e. The lowest BCUT2D eigenvalue weighted by Crippen LogP contribution is -2.51. The zero-order valence-electron chi connectivity index (χ0n) is 13.1. The monoisotopic (exact) mass is 285 g/mol. The van der Waals surface area contributed by atoms with E-state index in [1.165, 1.54) is 0 Å². The maximum absolute atomic E-state index is 12.6. The average Bonchev–Trinajstić information content (AvgIpc) is 2.51. The third-order valence-electron chi connectivity index (χ3n) is 4.20. The molecule has 1 heterocycles. The van der Waals surface area contributed by atoms with Crippen LogP contribution in [-0.2, 0) is 0 Å². The number of nitrogens with zero attached hydrogens (tertiary/aromatic N) is 3. The molecule has 1 aliphatic rings. The van der Waals surface area contributed by atoms with Gasteiger partial charge in [-0.3, -0.25) is 9.69 Å². The fraction of sp³-hybridized carbons (Fsp3) is 0.529. The molecule has 4 heteroatoms. The molecular weight excluding hydrogens is 262 g/mol. The van der Waals surface area contributed by atoms with Crippen molar-refractivity contribution in [2.75, 3.05) is 26.2 Å². The molecule has 4 nitrogen and oxygen atoms in total. The van der Waals surface area contributed by atoms with Gasteiger partial charge < -0.3 is 4.90 Å². The predicted octanol–water partition coefficient (Wildman–Crippen LogP) is 2.36. The highest BCUT2D eigenvalue weighted by Crippen LogP contribution is 2.16. The van der Waals surface area contributed by atoms with Gasteiger partial charge in [0.15, 0.2) is 0 Å². The Kier molecular flexibility index (Phi) is 4.98. The average molecular weight is 285 g/mol. The maximum atomic E-state index is 12.6. The molecule has 1 fully saturated rings. The van der Waals surface area contributed by atoms with Crippen molar-refractivity contribution >= 4 is 5.91 Å². The zero-order chi connectivity index (χ0) is 15.4. The van der Waals surface area contributed by atoms with Crippen LogP contribution in [0.2, 0.25) is 0 Å². The Morgan fingerprint density at radius 3 is 2.52 bits per heavy atom. The quantitative estimate of drug-likeness (QED) is 0.856. The number of hydrogen-bond donors (Lipinski definition) is 0. The summed E-state index contributed by atoms with van der Waals surface area (Å²) in [5, 5.41) is 9.13. The molecule has 0 bridgehead atoms. The van der Waals surface area contributed by atoms with Crippen molar-refractivity contribution in [3.63, 3.8) is 0 Å². The van der Waals surface area contributed by atoms with Gasteiger partial charge in [-0.1, -0.05) is 24.6 Å². The van der Waals surface area contributed by atoms with E-state index in [0.717, 1.165) is 36.2 Å². The Balaban J connectivity index is 2.04. The molecular formula is C17H23N3O. The first-order valence-electron chi connectivity index (χ1n) is 7.57. The number of aryl methyl sites for hydroxylation is 2. The molecule has 21 heavy (non-hydrogen) atoms. The molecule has 1 aliphatic heterocycles. The molecule has 1 atom stereocenters. The summed E-state index contributed by atoms with van der Waals surface area (Å²) in [7, 11) is 0. The zero-order valence-corrected chi connectivity index (χ0v) is 13.1. The SMILES string of the molecule is CCC(C#N)N1CCN(C(=O)c2cc(C)ccc2C)CC1. The summed E-state index contributed by atoms with van der Waals surface area (Å²) in [6.45, 7) is 8.97. The predicted molar refractivity (Wildman–Crippen MR) is 83.1 cm³/mol. The van der Waals surface area contributed by atoms with E-state index >= 15 is 0 Å². The number of rotatable bonds is 3. The molecule has 0 N–H and O–H groups in total. The first-order valence-corrected chi connectivity index (χ1v) is 7.57. The minimum atomic E-state index is -0.0250. The number of hydrogen-bond acceptors (Lipinski definition) is 3. The molecule has 1 saturated heterocycles. The van der Waals surface area contributed by atoms with E-state index in [9.17, 15) is 4.79 Å². The molecule has 1 amide bonds. The van der Waals surface area contributed by atoms with Crippen molar-refractivity contribution in [3.05, 3.63) is 34.9 Å². The summed E-state index contributed by atoms with van der Waals surface area (Å²) in [6.07, 6.45) is 0.835. The van der Waals surface area contributed by atoms with E-state index in [1.54, 1.807) is 0 Å². The third-order valence-corrected chi connectivity index (χ3v) is 4.20. The van der Waals surface area contributed by atoms with Gasteiger partial charge >= 0.3 is 0 Å². The van der Waals surface area contributed by atoms with Crippen LogP contribution in [0.1, 0.15) is 34.8 Å². The lowest BCUT2D eigenvalue weighted by atomic mass is 10.0. The number of nitriles is 1. The van der Waals surface area contributed by atoms with E-state index in [4.69, 9.17) is 5.26 Å². The number of benzene rings is 1. The van der Waals surface area contributed by atoms with Crippen LogP contribution in [0.3, 0.4) is 0 Å². The molecule has 2 rings (SSSR count). The third kappa shape index (κ3) is 3.43. The highest BCUT2D eigenvalue weighted by Gasteiger charge is 2.26. The van der Waals surface area contributed by atoms with Crippen molar-refractivity contribution in [3.8, 4) is 6.07 Å². The van der Waals surface area contributed by atoms with Crippen molar-refractivity contribution in [1.29, 1.82) is 5.26 Å². The van der Waals surface area contributed by atoms with E-state index in [1.807, 2.05) is 43.9 Å². The summed E-state index contributed by atoms with van der Waals surface area (Å²) >= 11 is 0. The van der Waals surface area contributed by atoms with E-state index in [2.05, 4.69) is 11.0 Å². The molecule has 1 aromatic carbocycles. The Morgan fingerprint density at radius 1 is 1.29 bits per heavy atom. The van der Waals surface area contributed by atoms with Crippen molar-refractivity contribution < 1.29 is 4.79 Å². The van der Waals surface area contributed by atoms with E-state index in [-0.39, 0.29) is 11.9 Å². The molecule has 1 unspecified atom stereocenters. The van der Waals surface area contributed by atoms with E-state index in [0.29, 0.717) is 13.1 Å². The smallest absolute Gasteiger partial charge is 0.254 e. The Morgan fingerprint density at radius 2 is 1.95 bits per heavy atom. The Labute approximate surface area is 127 Å². The van der Waals surface area contributed by atoms with Crippen LogP contribution in [0.15, 0.2) is 18.2 Å². The standard InChI is InChI=1S/C17H23N3O/c1-4-15(12-18)19-7-9-20(10-8-19)17(21)16-11-13(2)5-6-14(16)3/h5-6,11,15H,4,7-10H2,1-3H3. The van der Waals surface area contributed by atoms with Gasteiger partial charge in [0.25, 0.3) is 5.91 Å². The summed E-state index contributed by atoms with van der Waals surface area (Å²) in [4.78, 5) is 16.7. The van der Waals surface area contributed by atoms with Gasteiger partial charge in [-0.2, -0.15) is 5.26 Å². The molecule has 0 spiro atoms. The van der Waals surface area contributed by atoms with Crippen molar-refractivity contribution in [1.82, 2.24) is 9.80 Å². The second-order valence-electron chi connectivity index (χ2n) is 5.70. The van der Waals surface area contributed by atoms with Crippen LogP contribution in [-0.4, -0.2) is 47.9 Å². The molecule has 0 radical (unpaired) electrons. The van der Waals surface area contributed by atoms with Crippen LogP contribution in [0, 0.1) is 25.2 Å². The summed E-state index contributed by atoms with van der Waals surface area (Å²) in [6, 6.07) is 8.31. The first-order chi connectivity index (χ1) is 10.1. The van der Waals surface area contributed by atoms with Gasteiger partial charge in [0, 0.05) is 31.7 Å². The number of carbonyl (C=O) groups is 1. The van der Waals surface area contributed by atoms with Gasteiger partial charge in [0.1, 0.15) is 0 Å². The fourth-order valence-corrected chi connectivity index (χ4v) is 2.80. The van der Waals surface area contributed by atoms with Crippen LogP contribution < -0.4 is 0 Å². The summed E-state index contributed by atoms with van der Waals surface area (Å²) in [5.41, 5.74) is 2.94. The summed E-state index contributed by atoms with van der Waals surface area (Å²) < 4.78 is 0. The van der Waals surface area contributed by atoms with Crippen LogP contribution >= 0.6 is 0 Å². The number of amides is 1. The lowest BCUT2D eigenvalue weighted by Gasteiger charge is -2.36. The van der Waals surface area contributed by atoms with Crippen molar-refractivity contribution in [2.24, 2.45) is 0 Å². The highest BCUT2D eigenvalue weighted by atomic mass is 16.2. The molecule has 0 saturated carbocycles. The van der Waals surface area contributed by atoms with Gasteiger partial charge in [-0.15, -0.1) is 0 Å².